The van der Waals surface area contributed by atoms with Crippen LogP contribution in [0.1, 0.15) is 10.5 Å². The summed E-state index contributed by atoms with van der Waals surface area (Å²) in [5.74, 6) is -0.245. The van der Waals surface area contributed by atoms with E-state index in [2.05, 4.69) is 5.32 Å². The zero-order valence-corrected chi connectivity index (χ0v) is 9.99. The van der Waals surface area contributed by atoms with E-state index in [9.17, 15) is 13.6 Å². The molecule has 1 N–H and O–H groups in total. The van der Waals surface area contributed by atoms with Gasteiger partial charge in [0.1, 0.15) is 5.69 Å². The molecule has 0 atom stereocenters. The molecule has 1 heterocycles. The van der Waals surface area contributed by atoms with Crippen LogP contribution in [0, 0.1) is 0 Å². The SMILES string of the molecule is CNCCN(C)C(=O)c1cccn1CC(F)F. The van der Waals surface area contributed by atoms with Crippen molar-refractivity contribution in [2.24, 2.45) is 0 Å². The summed E-state index contributed by atoms with van der Waals surface area (Å²) in [7, 11) is 3.44. The fourth-order valence-electron chi connectivity index (χ4n) is 1.49. The molecule has 1 rings (SSSR count). The van der Waals surface area contributed by atoms with E-state index in [1.165, 1.54) is 15.7 Å². The number of aromatic nitrogens is 1. The van der Waals surface area contributed by atoms with Crippen LogP contribution in [0.15, 0.2) is 18.3 Å². The van der Waals surface area contributed by atoms with Crippen LogP contribution in [0.25, 0.3) is 0 Å². The van der Waals surface area contributed by atoms with Crippen LogP contribution in [0.4, 0.5) is 8.78 Å². The third kappa shape index (κ3) is 3.81. The van der Waals surface area contributed by atoms with Gasteiger partial charge in [-0.3, -0.25) is 4.79 Å². The molecule has 1 aromatic heterocycles. The van der Waals surface area contributed by atoms with Gasteiger partial charge in [0.2, 0.25) is 0 Å². The predicted octanol–water partition coefficient (Wildman–Crippen LogP) is 1.04. The summed E-state index contributed by atoms with van der Waals surface area (Å²) in [6.07, 6.45) is -0.970. The molecule has 0 aromatic carbocycles. The minimum Gasteiger partial charge on any atom is -0.339 e. The fourth-order valence-corrected chi connectivity index (χ4v) is 1.49. The average molecular weight is 245 g/mol. The van der Waals surface area contributed by atoms with Crippen LogP contribution < -0.4 is 5.32 Å². The second-order valence-corrected chi connectivity index (χ2v) is 3.77. The van der Waals surface area contributed by atoms with Crippen LogP contribution >= 0.6 is 0 Å². The van der Waals surface area contributed by atoms with Crippen molar-refractivity contribution >= 4 is 5.91 Å². The highest BCUT2D eigenvalue weighted by Gasteiger charge is 2.16. The normalized spacial score (nSPS) is 10.9. The summed E-state index contributed by atoms with van der Waals surface area (Å²) in [6.45, 7) is 0.751. The van der Waals surface area contributed by atoms with E-state index < -0.39 is 13.0 Å². The predicted molar refractivity (Wildman–Crippen MR) is 61.3 cm³/mol. The Morgan fingerprint density at radius 1 is 1.59 bits per heavy atom. The Kier molecular flexibility index (Phi) is 5.09. The van der Waals surface area contributed by atoms with Crippen molar-refractivity contribution in [3.63, 3.8) is 0 Å². The number of carbonyl (C=O) groups excluding carboxylic acids is 1. The van der Waals surface area contributed by atoms with Crippen molar-refractivity contribution in [2.75, 3.05) is 27.2 Å². The van der Waals surface area contributed by atoms with Gasteiger partial charge in [0.25, 0.3) is 12.3 Å². The molecule has 17 heavy (non-hydrogen) atoms. The van der Waals surface area contributed by atoms with E-state index in [4.69, 9.17) is 0 Å². The molecule has 0 radical (unpaired) electrons. The summed E-state index contributed by atoms with van der Waals surface area (Å²) in [4.78, 5) is 13.5. The van der Waals surface area contributed by atoms with Crippen molar-refractivity contribution in [3.8, 4) is 0 Å². The lowest BCUT2D eigenvalue weighted by molar-refractivity contribution is 0.0775. The van der Waals surface area contributed by atoms with Gasteiger partial charge in [-0.05, 0) is 19.2 Å². The molecular formula is C11H17F2N3O. The van der Waals surface area contributed by atoms with E-state index in [1.807, 2.05) is 0 Å². The number of hydrogen-bond donors (Lipinski definition) is 1. The monoisotopic (exact) mass is 245 g/mol. The maximum Gasteiger partial charge on any atom is 0.270 e. The Morgan fingerprint density at radius 3 is 2.88 bits per heavy atom. The van der Waals surface area contributed by atoms with E-state index in [0.29, 0.717) is 18.8 Å². The van der Waals surface area contributed by atoms with Gasteiger partial charge in [-0.25, -0.2) is 8.78 Å². The number of hydrogen-bond acceptors (Lipinski definition) is 2. The maximum absolute atomic E-state index is 12.3. The lowest BCUT2D eigenvalue weighted by atomic mass is 10.3. The standard InChI is InChI=1S/C11H17F2N3O/c1-14-5-7-15(2)11(17)9-4-3-6-16(9)8-10(12)13/h3-4,6,10,14H,5,7-8H2,1-2H3. The summed E-state index contributed by atoms with van der Waals surface area (Å²) in [6, 6.07) is 3.15. The van der Waals surface area contributed by atoms with Gasteiger partial charge in [-0.15, -0.1) is 0 Å². The van der Waals surface area contributed by atoms with Gasteiger partial charge >= 0.3 is 0 Å². The van der Waals surface area contributed by atoms with Crippen LogP contribution in [0.2, 0.25) is 0 Å². The molecule has 0 unspecified atom stereocenters. The van der Waals surface area contributed by atoms with E-state index in [1.54, 1.807) is 26.2 Å². The first-order chi connectivity index (χ1) is 8.06. The first kappa shape index (κ1) is 13.6. The molecule has 0 fully saturated rings. The molecule has 1 amide bonds. The summed E-state index contributed by atoms with van der Waals surface area (Å²) in [5.41, 5.74) is 0.295. The molecule has 96 valence electrons. The fraction of sp³-hybridized carbons (Fsp3) is 0.545. The summed E-state index contributed by atoms with van der Waals surface area (Å²) >= 11 is 0. The van der Waals surface area contributed by atoms with Crippen molar-refractivity contribution in [3.05, 3.63) is 24.0 Å². The van der Waals surface area contributed by atoms with Gasteiger partial charge < -0.3 is 14.8 Å². The Hall–Kier alpha value is -1.43. The molecule has 0 bridgehead atoms. The summed E-state index contributed by atoms with van der Waals surface area (Å²) < 4.78 is 25.9. The van der Waals surface area contributed by atoms with E-state index >= 15 is 0 Å². The zero-order chi connectivity index (χ0) is 12.8. The molecule has 4 nitrogen and oxygen atoms in total. The number of alkyl halides is 2. The first-order valence-electron chi connectivity index (χ1n) is 5.39. The first-order valence-corrected chi connectivity index (χ1v) is 5.39. The van der Waals surface area contributed by atoms with E-state index in [0.717, 1.165) is 0 Å². The van der Waals surface area contributed by atoms with Gasteiger partial charge in [0.05, 0.1) is 6.54 Å². The molecule has 0 aliphatic rings. The van der Waals surface area contributed by atoms with E-state index in [-0.39, 0.29) is 5.91 Å². The lowest BCUT2D eigenvalue weighted by Gasteiger charge is -2.18. The molecule has 0 spiro atoms. The van der Waals surface area contributed by atoms with Gasteiger partial charge in [-0.2, -0.15) is 0 Å². The Balaban J connectivity index is 2.71. The molecule has 0 saturated carbocycles. The summed E-state index contributed by atoms with van der Waals surface area (Å²) in [5, 5.41) is 2.92. The Labute approximate surface area is 99.2 Å². The second-order valence-electron chi connectivity index (χ2n) is 3.77. The van der Waals surface area contributed by atoms with Crippen molar-refractivity contribution in [1.29, 1.82) is 0 Å². The number of likely N-dealkylation sites (N-methyl/N-ethyl adjacent to an activating group) is 2. The minimum absolute atomic E-state index is 0.245. The molecule has 0 aliphatic carbocycles. The van der Waals surface area contributed by atoms with Gasteiger partial charge in [0, 0.05) is 26.3 Å². The van der Waals surface area contributed by atoms with Crippen LogP contribution in [0.3, 0.4) is 0 Å². The Bertz CT molecular complexity index is 365. The topological polar surface area (TPSA) is 37.3 Å². The molecule has 0 aliphatic heterocycles. The third-order valence-corrected chi connectivity index (χ3v) is 2.43. The number of nitrogens with zero attached hydrogens (tertiary/aromatic N) is 2. The van der Waals surface area contributed by atoms with Gasteiger partial charge in [-0.1, -0.05) is 0 Å². The third-order valence-electron chi connectivity index (χ3n) is 2.43. The molecule has 0 saturated heterocycles. The minimum atomic E-state index is -2.46. The quantitative estimate of drug-likeness (QED) is 0.813. The van der Waals surface area contributed by atoms with Crippen LogP contribution in [-0.4, -0.2) is 49.0 Å². The second kappa shape index (κ2) is 6.34. The van der Waals surface area contributed by atoms with Crippen LogP contribution in [-0.2, 0) is 6.54 Å². The highest BCUT2D eigenvalue weighted by atomic mass is 19.3. The number of halogens is 2. The smallest absolute Gasteiger partial charge is 0.270 e. The largest absolute Gasteiger partial charge is 0.339 e. The number of carbonyl (C=O) groups is 1. The van der Waals surface area contributed by atoms with Crippen molar-refractivity contribution in [2.45, 2.75) is 13.0 Å². The molecular weight excluding hydrogens is 228 g/mol. The zero-order valence-electron chi connectivity index (χ0n) is 9.99. The number of amides is 1. The molecule has 1 aromatic rings. The van der Waals surface area contributed by atoms with Gasteiger partial charge in [0.15, 0.2) is 0 Å². The van der Waals surface area contributed by atoms with Crippen LogP contribution in [0.5, 0.6) is 0 Å². The Morgan fingerprint density at radius 2 is 2.29 bits per heavy atom. The highest BCUT2D eigenvalue weighted by Crippen LogP contribution is 2.08. The molecule has 6 heteroatoms. The maximum atomic E-state index is 12.3. The average Bonchev–Trinajstić information content (AvgIpc) is 2.71. The number of nitrogens with one attached hydrogen (secondary N) is 1. The van der Waals surface area contributed by atoms with Crippen molar-refractivity contribution < 1.29 is 13.6 Å². The number of rotatable bonds is 6. The lowest BCUT2D eigenvalue weighted by Crippen LogP contribution is -2.34. The highest BCUT2D eigenvalue weighted by molar-refractivity contribution is 5.92. The van der Waals surface area contributed by atoms with Crippen molar-refractivity contribution in [1.82, 2.24) is 14.8 Å².